The van der Waals surface area contributed by atoms with Gasteiger partial charge in [0.25, 0.3) is 5.91 Å². The smallest absolute Gasteiger partial charge is 0.344 e. The van der Waals surface area contributed by atoms with Crippen molar-refractivity contribution in [1.29, 1.82) is 0 Å². The Balaban J connectivity index is 2.10. The van der Waals surface area contributed by atoms with Crippen LogP contribution in [0.3, 0.4) is 0 Å². The first-order valence-corrected chi connectivity index (χ1v) is 9.87. The average Bonchev–Trinajstić information content (AvgIpc) is 3.19. The van der Waals surface area contributed by atoms with E-state index in [1.807, 2.05) is 20.8 Å². The number of carbonyl (C=O) groups excluding carboxylic acids is 3. The Labute approximate surface area is 167 Å². The van der Waals surface area contributed by atoms with Gasteiger partial charge in [0.1, 0.15) is 16.3 Å². The maximum Gasteiger partial charge on any atom is 0.344 e. The zero-order valence-electron chi connectivity index (χ0n) is 16.6. The molecule has 9 heteroatoms. The molecule has 8 nitrogen and oxygen atoms in total. The Morgan fingerprint density at radius 2 is 1.71 bits per heavy atom. The summed E-state index contributed by atoms with van der Waals surface area (Å²) in [4.78, 5) is 37.8. The van der Waals surface area contributed by atoms with E-state index in [2.05, 4.69) is 10.5 Å². The fraction of sp³-hybridized carbons (Fsp3) is 0.474. The predicted molar refractivity (Wildman–Crippen MR) is 104 cm³/mol. The first-order valence-electron chi connectivity index (χ1n) is 9.05. The Kier molecular flexibility index (Phi) is 7.33. The van der Waals surface area contributed by atoms with Gasteiger partial charge in [0.2, 0.25) is 0 Å². The van der Waals surface area contributed by atoms with Crippen LogP contribution in [0.4, 0.5) is 5.00 Å². The molecule has 0 fully saturated rings. The van der Waals surface area contributed by atoms with E-state index >= 15 is 0 Å². The molecule has 0 aliphatic rings. The first kappa shape index (κ1) is 21.6. The number of hydrogen-bond donors (Lipinski definition) is 1. The van der Waals surface area contributed by atoms with Gasteiger partial charge in [0.15, 0.2) is 6.61 Å². The van der Waals surface area contributed by atoms with Crippen molar-refractivity contribution >= 4 is 34.2 Å². The Bertz CT molecular complexity index is 883. The molecule has 0 atom stereocenters. The third kappa shape index (κ3) is 4.59. The van der Waals surface area contributed by atoms with Gasteiger partial charge >= 0.3 is 11.9 Å². The molecular weight excluding hydrogens is 384 g/mol. The summed E-state index contributed by atoms with van der Waals surface area (Å²) in [6.07, 6.45) is 1.23. The lowest BCUT2D eigenvalue weighted by Gasteiger charge is -2.08. The summed E-state index contributed by atoms with van der Waals surface area (Å²) in [6, 6.07) is 0. The molecule has 1 amide bonds. The summed E-state index contributed by atoms with van der Waals surface area (Å²) in [5.41, 5.74) is 1.84. The van der Waals surface area contributed by atoms with Crippen molar-refractivity contribution in [3.63, 3.8) is 0 Å². The van der Waals surface area contributed by atoms with Crippen molar-refractivity contribution in [3.05, 3.63) is 33.0 Å². The van der Waals surface area contributed by atoms with Crippen LogP contribution >= 0.6 is 11.3 Å². The molecule has 0 aromatic carbocycles. The Morgan fingerprint density at radius 1 is 1.04 bits per heavy atom. The number of aromatic nitrogens is 1. The number of ether oxygens (including phenoxy) is 2. The summed E-state index contributed by atoms with van der Waals surface area (Å²) in [5.74, 6) is -1.37. The number of hydrogen-bond acceptors (Lipinski definition) is 8. The van der Waals surface area contributed by atoms with Gasteiger partial charge in [-0.3, -0.25) is 4.79 Å². The molecule has 0 aliphatic heterocycles. The minimum Gasteiger partial charge on any atom is -0.462 e. The minimum absolute atomic E-state index is 0.235. The zero-order chi connectivity index (χ0) is 20.8. The van der Waals surface area contributed by atoms with Gasteiger partial charge in [-0.1, -0.05) is 19.0 Å². The molecule has 2 aromatic heterocycles. The molecule has 2 heterocycles. The second-order valence-corrected chi connectivity index (χ2v) is 7.07. The summed E-state index contributed by atoms with van der Waals surface area (Å²) in [7, 11) is 0. The normalized spacial score (nSPS) is 10.6. The summed E-state index contributed by atoms with van der Waals surface area (Å²) < 4.78 is 15.2. The second kappa shape index (κ2) is 9.50. The molecule has 0 radical (unpaired) electrons. The van der Waals surface area contributed by atoms with Gasteiger partial charge in [-0.25, -0.2) is 9.59 Å². The van der Waals surface area contributed by atoms with Crippen molar-refractivity contribution in [2.24, 2.45) is 0 Å². The average molecular weight is 408 g/mol. The maximum absolute atomic E-state index is 12.3. The van der Waals surface area contributed by atoms with Gasteiger partial charge in [0.05, 0.1) is 17.9 Å². The highest BCUT2D eigenvalue weighted by atomic mass is 32.1. The van der Waals surface area contributed by atoms with Crippen LogP contribution in [0.1, 0.15) is 63.4 Å². The highest BCUT2D eigenvalue weighted by Crippen LogP contribution is 2.34. The van der Waals surface area contributed by atoms with Crippen LogP contribution in [0.2, 0.25) is 0 Å². The quantitative estimate of drug-likeness (QED) is 0.667. The largest absolute Gasteiger partial charge is 0.462 e. The lowest BCUT2D eigenvalue weighted by Crippen LogP contribution is -2.22. The van der Waals surface area contributed by atoms with E-state index in [0.717, 1.165) is 16.9 Å². The molecule has 0 saturated carbocycles. The van der Waals surface area contributed by atoms with Gasteiger partial charge in [0, 0.05) is 4.88 Å². The number of amides is 1. The Morgan fingerprint density at radius 3 is 2.32 bits per heavy atom. The topological polar surface area (TPSA) is 108 Å². The lowest BCUT2D eigenvalue weighted by atomic mass is 10.1. The molecule has 152 valence electrons. The van der Waals surface area contributed by atoms with Crippen LogP contribution in [0.25, 0.3) is 0 Å². The molecule has 0 saturated heterocycles. The minimum atomic E-state index is -0.673. The molecule has 2 aromatic rings. The first-order chi connectivity index (χ1) is 13.3. The van der Waals surface area contributed by atoms with E-state index < -0.39 is 24.5 Å². The van der Waals surface area contributed by atoms with Crippen molar-refractivity contribution < 1.29 is 28.4 Å². The number of nitrogens with one attached hydrogen (secondary N) is 1. The van der Waals surface area contributed by atoms with E-state index in [0.29, 0.717) is 28.4 Å². The van der Waals surface area contributed by atoms with E-state index in [-0.39, 0.29) is 12.2 Å². The summed E-state index contributed by atoms with van der Waals surface area (Å²) in [5, 5.41) is 6.84. The molecule has 0 spiro atoms. The Hall–Kier alpha value is -2.68. The molecular formula is C19H24N2O6S. The van der Waals surface area contributed by atoms with Crippen LogP contribution in [0.5, 0.6) is 0 Å². The predicted octanol–water partition coefficient (Wildman–Crippen LogP) is 3.45. The summed E-state index contributed by atoms with van der Waals surface area (Å²) in [6.45, 7) is 8.68. The third-order valence-corrected chi connectivity index (χ3v) is 5.46. The van der Waals surface area contributed by atoms with Gasteiger partial charge in [-0.2, -0.15) is 0 Å². The number of nitrogens with zero attached hydrogens (tertiary/aromatic N) is 1. The van der Waals surface area contributed by atoms with Crippen LogP contribution in [-0.2, 0) is 27.1 Å². The molecule has 0 bridgehead atoms. The van der Waals surface area contributed by atoms with E-state index in [4.69, 9.17) is 14.0 Å². The van der Waals surface area contributed by atoms with Gasteiger partial charge in [-0.05, 0) is 39.2 Å². The van der Waals surface area contributed by atoms with Crippen LogP contribution in [0.15, 0.2) is 4.52 Å². The zero-order valence-corrected chi connectivity index (χ0v) is 17.4. The molecule has 0 aliphatic carbocycles. The van der Waals surface area contributed by atoms with Crippen molar-refractivity contribution in [2.45, 2.75) is 47.5 Å². The maximum atomic E-state index is 12.3. The summed E-state index contributed by atoms with van der Waals surface area (Å²) >= 11 is 1.31. The highest BCUT2D eigenvalue weighted by molar-refractivity contribution is 7.17. The van der Waals surface area contributed by atoms with Gasteiger partial charge in [-0.15, -0.1) is 11.3 Å². The number of aryl methyl sites for hydroxylation is 3. The second-order valence-electron chi connectivity index (χ2n) is 5.97. The highest BCUT2D eigenvalue weighted by Gasteiger charge is 2.24. The fourth-order valence-corrected chi connectivity index (χ4v) is 3.87. The molecule has 28 heavy (non-hydrogen) atoms. The standard InChI is InChI=1S/C19H24N2O6S/c1-6-12-16(11(5)27-21-12)19(24)26-9-14(22)20-17-15(18(23)25-8-3)10(4)13(7-2)28-17/h6-9H2,1-5H3,(H,20,22). The van der Waals surface area contributed by atoms with Gasteiger partial charge < -0.3 is 19.3 Å². The van der Waals surface area contributed by atoms with E-state index in [1.54, 1.807) is 13.8 Å². The number of anilines is 1. The van der Waals surface area contributed by atoms with Crippen LogP contribution in [0, 0.1) is 13.8 Å². The SMILES string of the molecule is CCOC(=O)c1c(NC(=O)COC(=O)c2c(CC)noc2C)sc(CC)c1C. The van der Waals surface area contributed by atoms with Crippen molar-refractivity contribution in [3.8, 4) is 0 Å². The molecule has 2 rings (SSSR count). The van der Waals surface area contributed by atoms with E-state index in [1.165, 1.54) is 11.3 Å². The van der Waals surface area contributed by atoms with E-state index in [9.17, 15) is 14.4 Å². The third-order valence-electron chi connectivity index (χ3n) is 4.11. The monoisotopic (exact) mass is 408 g/mol. The molecule has 0 unspecified atom stereocenters. The van der Waals surface area contributed by atoms with Crippen LogP contribution in [-0.4, -0.2) is 36.2 Å². The fourth-order valence-electron chi connectivity index (χ4n) is 2.72. The number of esters is 2. The number of thiophene rings is 1. The molecule has 1 N–H and O–H groups in total. The van der Waals surface area contributed by atoms with Crippen LogP contribution < -0.4 is 5.32 Å². The number of rotatable bonds is 8. The lowest BCUT2D eigenvalue weighted by molar-refractivity contribution is -0.119. The van der Waals surface area contributed by atoms with Crippen molar-refractivity contribution in [1.82, 2.24) is 5.16 Å². The number of carbonyl (C=O) groups is 3. The van der Waals surface area contributed by atoms with Crippen molar-refractivity contribution in [2.75, 3.05) is 18.5 Å².